The Morgan fingerprint density at radius 1 is 1.32 bits per heavy atom. The average molecular weight is 426 g/mol. The summed E-state index contributed by atoms with van der Waals surface area (Å²) < 4.78 is 84.5. The van der Waals surface area contributed by atoms with Gasteiger partial charge >= 0.3 is 21.6 Å². The molecule has 0 unspecified atom stereocenters. The van der Waals surface area contributed by atoms with E-state index in [1.807, 2.05) is 0 Å². The molecule has 8 nitrogen and oxygen atoms in total. The summed E-state index contributed by atoms with van der Waals surface area (Å²) in [6, 6.07) is -0.644. The molecule has 154 valence electrons. The number of halogens is 4. The SMILES string of the molecule is CCOC(=O)c1cn(C(C)C)c2c(OS(=O)(=O)C(F)(F)F)c(F)ncc2c1=O. The summed E-state index contributed by atoms with van der Waals surface area (Å²) >= 11 is 0. The second-order valence-corrected chi connectivity index (χ2v) is 7.25. The minimum Gasteiger partial charge on any atom is -0.462 e. The number of esters is 1. The fraction of sp³-hybridized carbons (Fsp3) is 0.400. The summed E-state index contributed by atoms with van der Waals surface area (Å²) in [5.41, 5.74) is -7.96. The van der Waals surface area contributed by atoms with Gasteiger partial charge in [-0.05, 0) is 20.8 Å². The van der Waals surface area contributed by atoms with Gasteiger partial charge in [-0.25, -0.2) is 9.78 Å². The number of ether oxygens (including phenoxy) is 1. The van der Waals surface area contributed by atoms with Crippen molar-refractivity contribution < 1.29 is 39.7 Å². The van der Waals surface area contributed by atoms with Crippen molar-refractivity contribution in [3.05, 3.63) is 34.1 Å². The molecule has 0 spiro atoms. The van der Waals surface area contributed by atoms with Gasteiger partial charge in [-0.2, -0.15) is 26.0 Å². The molecular formula is C15H14F4N2O6S. The molecule has 2 rings (SSSR count). The summed E-state index contributed by atoms with van der Waals surface area (Å²) in [5, 5.41) is -0.520. The Kier molecular flexibility index (Phi) is 5.69. The molecule has 2 heterocycles. The molecule has 0 atom stereocenters. The van der Waals surface area contributed by atoms with Gasteiger partial charge in [0.1, 0.15) is 11.1 Å². The Bertz CT molecular complexity index is 1090. The van der Waals surface area contributed by atoms with Crippen LogP contribution in [-0.4, -0.2) is 36.1 Å². The standard InChI is InChI=1S/C15H14F4N2O6S/c1-4-26-14(23)9-6-21(7(2)3)10-8(11(9)22)5-20-13(16)12(10)27-28(24,25)15(17,18)19/h5-7H,4H2,1-3H3. The third-order valence-electron chi connectivity index (χ3n) is 3.51. The fourth-order valence-electron chi connectivity index (χ4n) is 2.28. The van der Waals surface area contributed by atoms with Crippen molar-refractivity contribution in [3.8, 4) is 5.75 Å². The molecule has 0 amide bonds. The maximum absolute atomic E-state index is 14.1. The lowest BCUT2D eigenvalue weighted by Gasteiger charge is -2.19. The monoisotopic (exact) mass is 426 g/mol. The summed E-state index contributed by atoms with van der Waals surface area (Å²) in [4.78, 5) is 27.6. The number of pyridine rings is 2. The third kappa shape index (κ3) is 3.79. The normalized spacial score (nSPS) is 12.4. The first-order valence-electron chi connectivity index (χ1n) is 7.73. The van der Waals surface area contributed by atoms with Crippen molar-refractivity contribution in [2.75, 3.05) is 6.61 Å². The van der Waals surface area contributed by atoms with Crippen LogP contribution in [0.2, 0.25) is 0 Å². The van der Waals surface area contributed by atoms with Crippen LogP contribution in [0.5, 0.6) is 5.75 Å². The number of carbonyl (C=O) groups excluding carboxylic acids is 1. The molecule has 0 saturated heterocycles. The zero-order valence-electron chi connectivity index (χ0n) is 14.7. The zero-order chi connectivity index (χ0) is 21.4. The smallest absolute Gasteiger partial charge is 0.462 e. The molecule has 0 aromatic carbocycles. The van der Waals surface area contributed by atoms with Gasteiger partial charge < -0.3 is 13.5 Å². The molecule has 0 fully saturated rings. The lowest BCUT2D eigenvalue weighted by Crippen LogP contribution is -2.29. The van der Waals surface area contributed by atoms with E-state index in [-0.39, 0.29) is 6.61 Å². The topological polar surface area (TPSA) is 105 Å². The lowest BCUT2D eigenvalue weighted by molar-refractivity contribution is -0.0500. The number of rotatable bonds is 5. The van der Waals surface area contributed by atoms with Gasteiger partial charge in [0.05, 0.1) is 12.0 Å². The molecule has 0 bridgehead atoms. The quantitative estimate of drug-likeness (QED) is 0.238. The highest BCUT2D eigenvalue weighted by Crippen LogP contribution is 2.33. The number of fused-ring (bicyclic) bond motifs is 1. The van der Waals surface area contributed by atoms with Crippen molar-refractivity contribution in [1.82, 2.24) is 9.55 Å². The number of hydrogen-bond donors (Lipinski definition) is 0. The Labute approximate surface area is 155 Å². The van der Waals surface area contributed by atoms with Crippen LogP contribution in [0.15, 0.2) is 17.2 Å². The molecule has 0 aliphatic heterocycles. The average Bonchev–Trinajstić information content (AvgIpc) is 2.56. The molecule has 0 radical (unpaired) electrons. The molecule has 2 aromatic rings. The van der Waals surface area contributed by atoms with Crippen LogP contribution in [0, 0.1) is 5.95 Å². The maximum atomic E-state index is 14.1. The lowest BCUT2D eigenvalue weighted by atomic mass is 10.1. The number of nitrogens with zero attached hydrogens (tertiary/aromatic N) is 2. The van der Waals surface area contributed by atoms with E-state index in [1.54, 1.807) is 0 Å². The maximum Gasteiger partial charge on any atom is 0.534 e. The van der Waals surface area contributed by atoms with E-state index in [2.05, 4.69) is 9.17 Å². The van der Waals surface area contributed by atoms with Gasteiger partial charge in [0.15, 0.2) is 0 Å². The minimum absolute atomic E-state index is 0.0577. The van der Waals surface area contributed by atoms with Crippen molar-refractivity contribution in [2.45, 2.75) is 32.3 Å². The molecule has 0 aliphatic carbocycles. The van der Waals surface area contributed by atoms with Gasteiger partial charge in [0.25, 0.3) is 5.95 Å². The first-order valence-corrected chi connectivity index (χ1v) is 9.13. The first kappa shape index (κ1) is 21.6. The Morgan fingerprint density at radius 3 is 2.43 bits per heavy atom. The Hall–Kier alpha value is -2.70. The first-order chi connectivity index (χ1) is 12.8. The van der Waals surface area contributed by atoms with E-state index in [4.69, 9.17) is 4.74 Å². The number of hydrogen-bond acceptors (Lipinski definition) is 7. The minimum atomic E-state index is -6.24. The van der Waals surface area contributed by atoms with E-state index in [0.717, 1.165) is 10.8 Å². The molecule has 2 aromatic heterocycles. The van der Waals surface area contributed by atoms with Gasteiger partial charge in [0, 0.05) is 18.4 Å². The van der Waals surface area contributed by atoms with Gasteiger partial charge in [-0.15, -0.1) is 0 Å². The molecule has 0 N–H and O–H groups in total. The highest BCUT2D eigenvalue weighted by Gasteiger charge is 2.49. The molecular weight excluding hydrogens is 412 g/mol. The van der Waals surface area contributed by atoms with E-state index < -0.39 is 61.2 Å². The van der Waals surface area contributed by atoms with Crippen LogP contribution in [0.25, 0.3) is 10.9 Å². The highest BCUT2D eigenvalue weighted by molar-refractivity contribution is 7.88. The Morgan fingerprint density at radius 2 is 1.93 bits per heavy atom. The molecule has 0 aliphatic rings. The zero-order valence-corrected chi connectivity index (χ0v) is 15.5. The number of aromatic nitrogens is 2. The van der Waals surface area contributed by atoms with E-state index in [9.17, 15) is 35.6 Å². The largest absolute Gasteiger partial charge is 0.534 e. The second-order valence-electron chi connectivity index (χ2n) is 5.72. The van der Waals surface area contributed by atoms with Gasteiger partial charge in [-0.3, -0.25) is 4.79 Å². The molecule has 28 heavy (non-hydrogen) atoms. The molecule has 0 saturated carbocycles. The summed E-state index contributed by atoms with van der Waals surface area (Å²) in [5.74, 6) is -4.10. The van der Waals surface area contributed by atoms with Crippen molar-refractivity contribution in [3.63, 3.8) is 0 Å². The second kappa shape index (κ2) is 7.37. The number of carbonyl (C=O) groups is 1. The van der Waals surface area contributed by atoms with Crippen molar-refractivity contribution >= 4 is 27.0 Å². The summed E-state index contributed by atoms with van der Waals surface area (Å²) in [6.07, 6.45) is 1.60. The Balaban J connectivity index is 2.91. The van der Waals surface area contributed by atoms with Crippen LogP contribution < -0.4 is 9.61 Å². The summed E-state index contributed by atoms with van der Waals surface area (Å²) in [6.45, 7) is 4.43. The van der Waals surface area contributed by atoms with Crippen LogP contribution in [0.1, 0.15) is 37.2 Å². The van der Waals surface area contributed by atoms with Gasteiger partial charge in [-0.1, -0.05) is 0 Å². The van der Waals surface area contributed by atoms with Crippen LogP contribution >= 0.6 is 0 Å². The van der Waals surface area contributed by atoms with Crippen molar-refractivity contribution in [1.29, 1.82) is 0 Å². The van der Waals surface area contributed by atoms with Gasteiger partial charge in [0.2, 0.25) is 11.2 Å². The van der Waals surface area contributed by atoms with E-state index in [0.29, 0.717) is 6.20 Å². The highest BCUT2D eigenvalue weighted by atomic mass is 32.2. The van der Waals surface area contributed by atoms with Crippen molar-refractivity contribution in [2.24, 2.45) is 0 Å². The van der Waals surface area contributed by atoms with Crippen LogP contribution in [0.3, 0.4) is 0 Å². The predicted octanol–water partition coefficient (Wildman–Crippen LogP) is 2.52. The van der Waals surface area contributed by atoms with Crippen LogP contribution in [0.4, 0.5) is 17.6 Å². The van der Waals surface area contributed by atoms with E-state index in [1.165, 1.54) is 20.8 Å². The summed E-state index contributed by atoms with van der Waals surface area (Å²) in [7, 11) is -6.24. The van der Waals surface area contributed by atoms with Crippen LogP contribution in [-0.2, 0) is 14.9 Å². The third-order valence-corrected chi connectivity index (χ3v) is 4.46. The molecule has 13 heteroatoms. The van der Waals surface area contributed by atoms with E-state index >= 15 is 0 Å². The predicted molar refractivity (Wildman–Crippen MR) is 87.9 cm³/mol. The fourth-order valence-corrected chi connectivity index (χ4v) is 2.74. The number of alkyl halides is 3.